The van der Waals surface area contributed by atoms with Gasteiger partial charge in [-0.2, -0.15) is 5.10 Å². The molecule has 0 radical (unpaired) electrons. The Labute approximate surface area is 170 Å². The molecule has 2 atom stereocenters. The zero-order valence-electron chi connectivity index (χ0n) is 16.8. The lowest BCUT2D eigenvalue weighted by Crippen LogP contribution is -2.38. The van der Waals surface area contributed by atoms with Gasteiger partial charge in [0.2, 0.25) is 0 Å². The van der Waals surface area contributed by atoms with Crippen molar-refractivity contribution in [1.82, 2.24) is 25.1 Å². The fraction of sp³-hybridized carbons (Fsp3) is 0.381. The summed E-state index contributed by atoms with van der Waals surface area (Å²) in [6.07, 6.45) is 1.99. The molecular weight excluding hydrogens is 366 g/mol. The van der Waals surface area contributed by atoms with Gasteiger partial charge in [-0.25, -0.2) is 9.97 Å². The molecule has 4 rings (SSSR count). The first-order chi connectivity index (χ1) is 14.1. The summed E-state index contributed by atoms with van der Waals surface area (Å²) in [5, 5.41) is 20.9. The van der Waals surface area contributed by atoms with E-state index in [1.807, 2.05) is 56.6 Å². The Bertz CT molecular complexity index is 928. The highest BCUT2D eigenvalue weighted by Gasteiger charge is 2.32. The molecule has 0 unspecified atom stereocenters. The number of aliphatic hydroxyl groups excluding tert-OH is 1. The maximum absolute atomic E-state index is 10.1. The van der Waals surface area contributed by atoms with E-state index in [9.17, 15) is 5.11 Å². The predicted molar refractivity (Wildman–Crippen MR) is 114 cm³/mol. The topological polar surface area (TPSA) is 93.2 Å². The molecule has 1 aromatic carbocycles. The van der Waals surface area contributed by atoms with Gasteiger partial charge in [0.15, 0.2) is 0 Å². The van der Waals surface area contributed by atoms with Crippen molar-refractivity contribution in [2.75, 3.05) is 37.4 Å². The third-order valence-electron chi connectivity index (χ3n) is 5.08. The van der Waals surface area contributed by atoms with Crippen LogP contribution in [0.1, 0.15) is 12.1 Å². The minimum absolute atomic E-state index is 0.240. The second kappa shape index (κ2) is 8.59. The van der Waals surface area contributed by atoms with E-state index in [-0.39, 0.29) is 12.1 Å². The van der Waals surface area contributed by atoms with Crippen molar-refractivity contribution in [2.45, 2.75) is 25.1 Å². The zero-order valence-corrected chi connectivity index (χ0v) is 16.8. The summed E-state index contributed by atoms with van der Waals surface area (Å²) in [6, 6.07) is 14.3. The standard InChI is InChI=1S/C21H27N7O/c1-27(2)12-17-9-18(29)13-28(17)21-10-20(23-14-24-21)22-11-16-8-19(26-25-16)15-6-4-3-5-7-15/h3-8,10,14,17-18,29H,9,11-13H2,1-2H3,(H,25,26)(H,22,23,24)/t17-,18-/m1/s1. The largest absolute Gasteiger partial charge is 0.391 e. The van der Waals surface area contributed by atoms with Gasteiger partial charge in [0, 0.05) is 30.8 Å². The summed E-state index contributed by atoms with van der Waals surface area (Å²) in [5.74, 6) is 1.58. The zero-order chi connectivity index (χ0) is 20.2. The van der Waals surface area contributed by atoms with Gasteiger partial charge >= 0.3 is 0 Å². The summed E-state index contributed by atoms with van der Waals surface area (Å²) < 4.78 is 0. The molecule has 3 aromatic rings. The number of aromatic nitrogens is 4. The van der Waals surface area contributed by atoms with Crippen molar-refractivity contribution in [3.8, 4) is 11.3 Å². The van der Waals surface area contributed by atoms with Gasteiger partial charge in [0.1, 0.15) is 18.0 Å². The quantitative estimate of drug-likeness (QED) is 0.565. The molecule has 1 aliphatic heterocycles. The minimum Gasteiger partial charge on any atom is -0.391 e. The molecule has 8 nitrogen and oxygen atoms in total. The smallest absolute Gasteiger partial charge is 0.134 e. The molecular formula is C21H27N7O. The maximum Gasteiger partial charge on any atom is 0.134 e. The maximum atomic E-state index is 10.1. The van der Waals surface area contributed by atoms with E-state index in [0.717, 1.165) is 41.6 Å². The Balaban J connectivity index is 1.42. The first-order valence-electron chi connectivity index (χ1n) is 9.83. The van der Waals surface area contributed by atoms with Crippen LogP contribution in [0.3, 0.4) is 0 Å². The van der Waals surface area contributed by atoms with Crippen LogP contribution in [0.15, 0.2) is 48.8 Å². The van der Waals surface area contributed by atoms with Crippen LogP contribution in [-0.4, -0.2) is 69.5 Å². The summed E-state index contributed by atoms with van der Waals surface area (Å²) in [5.41, 5.74) is 2.98. The van der Waals surface area contributed by atoms with Gasteiger partial charge in [-0.1, -0.05) is 30.3 Å². The number of nitrogens with zero attached hydrogens (tertiary/aromatic N) is 5. The predicted octanol–water partition coefficient (Wildman–Crippen LogP) is 1.98. The molecule has 1 aliphatic rings. The van der Waals surface area contributed by atoms with E-state index in [1.165, 1.54) is 0 Å². The summed E-state index contributed by atoms with van der Waals surface area (Å²) in [6.45, 7) is 2.05. The number of likely N-dealkylation sites (N-methyl/N-ethyl adjacent to an activating group) is 1. The molecule has 0 saturated carbocycles. The van der Waals surface area contributed by atoms with E-state index in [4.69, 9.17) is 0 Å². The number of hydrogen-bond donors (Lipinski definition) is 3. The fourth-order valence-corrected chi connectivity index (χ4v) is 3.76. The monoisotopic (exact) mass is 393 g/mol. The first kappa shape index (κ1) is 19.4. The van der Waals surface area contributed by atoms with Gasteiger partial charge < -0.3 is 20.2 Å². The molecule has 0 spiro atoms. The highest BCUT2D eigenvalue weighted by molar-refractivity contribution is 5.59. The lowest BCUT2D eigenvalue weighted by molar-refractivity contribution is 0.191. The fourth-order valence-electron chi connectivity index (χ4n) is 3.76. The van der Waals surface area contributed by atoms with Crippen molar-refractivity contribution in [2.24, 2.45) is 0 Å². The number of β-amino-alcohol motifs (C(OH)–C–C–N with tert-alkyl or cyclic N) is 1. The normalized spacial score (nSPS) is 19.1. The molecule has 3 heterocycles. The summed E-state index contributed by atoms with van der Waals surface area (Å²) in [4.78, 5) is 13.1. The van der Waals surface area contributed by atoms with Crippen LogP contribution >= 0.6 is 0 Å². The van der Waals surface area contributed by atoms with Crippen molar-refractivity contribution < 1.29 is 5.11 Å². The number of rotatable bonds is 7. The number of anilines is 2. The van der Waals surface area contributed by atoms with Gasteiger partial charge in [-0.05, 0) is 26.6 Å². The second-order valence-electron chi connectivity index (χ2n) is 7.72. The third kappa shape index (κ3) is 4.72. The Morgan fingerprint density at radius 2 is 2.03 bits per heavy atom. The van der Waals surface area contributed by atoms with Gasteiger partial charge in [-0.3, -0.25) is 5.10 Å². The summed E-state index contributed by atoms with van der Waals surface area (Å²) >= 11 is 0. The molecule has 0 amide bonds. The Kier molecular flexibility index (Phi) is 5.73. The van der Waals surface area contributed by atoms with Crippen molar-refractivity contribution in [1.29, 1.82) is 0 Å². The van der Waals surface area contributed by atoms with Crippen LogP contribution in [0, 0.1) is 0 Å². The minimum atomic E-state index is -0.326. The Hall–Kier alpha value is -2.97. The third-order valence-corrected chi connectivity index (χ3v) is 5.08. The van der Waals surface area contributed by atoms with E-state index in [1.54, 1.807) is 6.33 Å². The number of benzene rings is 1. The number of hydrogen-bond acceptors (Lipinski definition) is 7. The molecule has 1 saturated heterocycles. The van der Waals surface area contributed by atoms with Crippen molar-refractivity contribution in [3.05, 3.63) is 54.5 Å². The van der Waals surface area contributed by atoms with Crippen LogP contribution in [0.5, 0.6) is 0 Å². The van der Waals surface area contributed by atoms with Crippen LogP contribution in [0.2, 0.25) is 0 Å². The van der Waals surface area contributed by atoms with E-state index in [2.05, 4.69) is 35.3 Å². The molecule has 0 bridgehead atoms. The average Bonchev–Trinajstić information content (AvgIpc) is 3.33. The van der Waals surface area contributed by atoms with Gasteiger partial charge in [0.05, 0.1) is 24.0 Å². The highest BCUT2D eigenvalue weighted by Crippen LogP contribution is 2.26. The van der Waals surface area contributed by atoms with Crippen molar-refractivity contribution in [3.63, 3.8) is 0 Å². The van der Waals surface area contributed by atoms with E-state index >= 15 is 0 Å². The lowest BCUT2D eigenvalue weighted by atomic mass is 10.1. The van der Waals surface area contributed by atoms with Crippen molar-refractivity contribution >= 4 is 11.6 Å². The number of H-pyrrole nitrogens is 1. The number of nitrogens with one attached hydrogen (secondary N) is 2. The molecule has 3 N–H and O–H groups in total. The molecule has 1 fully saturated rings. The van der Waals surface area contributed by atoms with Crippen LogP contribution < -0.4 is 10.2 Å². The SMILES string of the molecule is CN(C)C[C@H]1C[C@@H](O)CN1c1cc(NCc2cc(-c3ccccc3)n[nH]2)ncn1. The second-order valence-corrected chi connectivity index (χ2v) is 7.72. The molecule has 152 valence electrons. The van der Waals surface area contributed by atoms with Gasteiger partial charge in [0.25, 0.3) is 0 Å². The molecule has 2 aromatic heterocycles. The van der Waals surface area contributed by atoms with Crippen LogP contribution in [-0.2, 0) is 6.54 Å². The lowest BCUT2D eigenvalue weighted by Gasteiger charge is -2.27. The van der Waals surface area contributed by atoms with E-state index < -0.39 is 0 Å². The van der Waals surface area contributed by atoms with Crippen LogP contribution in [0.4, 0.5) is 11.6 Å². The Morgan fingerprint density at radius 3 is 2.83 bits per heavy atom. The van der Waals surface area contributed by atoms with E-state index in [0.29, 0.717) is 13.1 Å². The molecule has 8 heteroatoms. The van der Waals surface area contributed by atoms with Gasteiger partial charge in [-0.15, -0.1) is 0 Å². The average molecular weight is 393 g/mol. The molecule has 29 heavy (non-hydrogen) atoms. The number of aromatic amines is 1. The summed E-state index contributed by atoms with van der Waals surface area (Å²) in [7, 11) is 4.09. The molecule has 0 aliphatic carbocycles. The van der Waals surface area contributed by atoms with Crippen LogP contribution in [0.25, 0.3) is 11.3 Å². The highest BCUT2D eigenvalue weighted by atomic mass is 16.3. The Morgan fingerprint density at radius 1 is 1.21 bits per heavy atom. The number of aliphatic hydroxyl groups is 1. The first-order valence-corrected chi connectivity index (χ1v) is 9.83.